The average molecular weight is 205 g/mol. The van der Waals surface area contributed by atoms with Crippen molar-refractivity contribution in [3.8, 4) is 0 Å². The fourth-order valence-corrected chi connectivity index (χ4v) is 2.60. The van der Waals surface area contributed by atoms with Gasteiger partial charge in [-0.25, -0.2) is 8.42 Å². The zero-order chi connectivity index (χ0) is 10.3. The van der Waals surface area contributed by atoms with E-state index in [2.05, 4.69) is 0 Å². The van der Waals surface area contributed by atoms with Crippen molar-refractivity contribution in [3.63, 3.8) is 0 Å². The van der Waals surface area contributed by atoms with Crippen molar-refractivity contribution in [2.45, 2.75) is 20.8 Å². The number of hydrogen-bond donors (Lipinski definition) is 0. The van der Waals surface area contributed by atoms with Gasteiger partial charge < -0.3 is 4.90 Å². The van der Waals surface area contributed by atoms with Gasteiger partial charge >= 0.3 is 0 Å². The summed E-state index contributed by atoms with van der Waals surface area (Å²) in [6.07, 6.45) is 0. The minimum absolute atomic E-state index is 0.0893. The first-order valence-corrected chi connectivity index (χ1v) is 6.04. The molecule has 0 aromatic heterocycles. The molecule has 13 heavy (non-hydrogen) atoms. The van der Waals surface area contributed by atoms with Crippen LogP contribution >= 0.6 is 0 Å². The Bertz CT molecular complexity index is 313. The van der Waals surface area contributed by atoms with Crippen LogP contribution in [0.1, 0.15) is 20.8 Å². The highest BCUT2D eigenvalue weighted by Gasteiger charge is 2.34. The quantitative estimate of drug-likeness (QED) is 0.569. The lowest BCUT2D eigenvalue weighted by atomic mass is 9.95. The Kier molecular flexibility index (Phi) is 2.40. The van der Waals surface area contributed by atoms with Crippen LogP contribution in [0.4, 0.5) is 0 Å². The molecule has 76 valence electrons. The molecule has 0 N–H and O–H groups in total. The largest absolute Gasteiger partial charge is 0.327 e. The summed E-state index contributed by atoms with van der Waals surface area (Å²) >= 11 is 0. The number of sulfone groups is 1. The molecule has 1 rings (SSSR count). The highest BCUT2D eigenvalue weighted by Crippen LogP contribution is 2.20. The molecule has 1 amide bonds. The van der Waals surface area contributed by atoms with Crippen molar-refractivity contribution >= 4 is 15.7 Å². The lowest BCUT2D eigenvalue weighted by molar-refractivity contribution is -0.137. The standard InChI is InChI=1S/C8H15NO3S/c1-8(2,3)7(10)9-4-5-13(11,12)6-9/h4-6H2,1-3H3. The molecule has 0 saturated carbocycles. The van der Waals surface area contributed by atoms with Gasteiger partial charge in [0.25, 0.3) is 0 Å². The molecule has 0 aliphatic carbocycles. The maximum Gasteiger partial charge on any atom is 0.228 e. The van der Waals surface area contributed by atoms with Crippen LogP contribution in [-0.4, -0.2) is 37.4 Å². The SMILES string of the molecule is CC(C)(C)C(=O)N1CCS(=O)(=O)C1. The number of nitrogens with zero attached hydrogens (tertiary/aromatic N) is 1. The summed E-state index contributed by atoms with van der Waals surface area (Å²) < 4.78 is 22.2. The molecule has 0 radical (unpaired) electrons. The third-order valence-electron chi connectivity index (χ3n) is 1.95. The highest BCUT2D eigenvalue weighted by atomic mass is 32.2. The van der Waals surface area contributed by atoms with E-state index < -0.39 is 15.3 Å². The fourth-order valence-electron chi connectivity index (χ4n) is 1.25. The predicted octanol–water partition coefficient (Wildman–Crippen LogP) is 0.247. The maximum absolute atomic E-state index is 11.6. The van der Waals surface area contributed by atoms with E-state index in [4.69, 9.17) is 0 Å². The number of rotatable bonds is 0. The van der Waals surface area contributed by atoms with Crippen molar-refractivity contribution in [3.05, 3.63) is 0 Å². The van der Waals surface area contributed by atoms with Crippen LogP contribution in [-0.2, 0) is 14.6 Å². The molecule has 0 aromatic carbocycles. The Morgan fingerprint density at radius 1 is 1.31 bits per heavy atom. The summed E-state index contributed by atoms with van der Waals surface area (Å²) in [5.41, 5.74) is -0.486. The Morgan fingerprint density at radius 2 is 1.85 bits per heavy atom. The molecule has 4 nitrogen and oxygen atoms in total. The molecular weight excluding hydrogens is 190 g/mol. The van der Waals surface area contributed by atoms with Crippen molar-refractivity contribution < 1.29 is 13.2 Å². The van der Waals surface area contributed by atoms with Crippen molar-refractivity contribution in [2.75, 3.05) is 18.2 Å². The first-order valence-electron chi connectivity index (χ1n) is 4.22. The molecule has 0 atom stereocenters. The molecule has 0 spiro atoms. The van der Waals surface area contributed by atoms with Crippen LogP contribution in [0, 0.1) is 5.41 Å². The first-order chi connectivity index (χ1) is 5.72. The maximum atomic E-state index is 11.6. The topological polar surface area (TPSA) is 54.5 Å². The van der Waals surface area contributed by atoms with Crippen LogP contribution in [0.25, 0.3) is 0 Å². The predicted molar refractivity (Wildman–Crippen MR) is 49.8 cm³/mol. The Morgan fingerprint density at radius 3 is 2.15 bits per heavy atom. The van der Waals surface area contributed by atoms with E-state index in [1.54, 1.807) is 20.8 Å². The van der Waals surface area contributed by atoms with Gasteiger partial charge in [0.2, 0.25) is 5.91 Å². The molecule has 0 aromatic rings. The van der Waals surface area contributed by atoms with Gasteiger partial charge in [0.1, 0.15) is 5.88 Å². The normalized spacial score (nSPS) is 21.9. The summed E-state index contributed by atoms with van der Waals surface area (Å²) in [7, 11) is -3.00. The first kappa shape index (κ1) is 10.5. The summed E-state index contributed by atoms with van der Waals surface area (Å²) in [4.78, 5) is 13.0. The van der Waals surface area contributed by atoms with E-state index in [-0.39, 0.29) is 17.5 Å². The van der Waals surface area contributed by atoms with Gasteiger partial charge in [0.05, 0.1) is 5.75 Å². The molecule has 0 unspecified atom stereocenters. The van der Waals surface area contributed by atoms with Gasteiger partial charge in [0, 0.05) is 12.0 Å². The second-order valence-corrected chi connectivity index (χ2v) is 6.55. The van der Waals surface area contributed by atoms with Gasteiger partial charge in [-0.1, -0.05) is 20.8 Å². The molecular formula is C8H15NO3S. The van der Waals surface area contributed by atoms with Crippen LogP contribution in [0.2, 0.25) is 0 Å². The Hall–Kier alpha value is -0.580. The van der Waals surface area contributed by atoms with Crippen molar-refractivity contribution in [1.82, 2.24) is 4.90 Å². The molecule has 1 saturated heterocycles. The van der Waals surface area contributed by atoms with E-state index in [1.807, 2.05) is 0 Å². The molecule has 1 heterocycles. The zero-order valence-electron chi connectivity index (χ0n) is 8.20. The monoisotopic (exact) mass is 205 g/mol. The van der Waals surface area contributed by atoms with E-state index >= 15 is 0 Å². The molecule has 1 fully saturated rings. The fraction of sp³-hybridized carbons (Fsp3) is 0.875. The third-order valence-corrected chi connectivity index (χ3v) is 3.46. The summed E-state index contributed by atoms with van der Waals surface area (Å²) in [5, 5.41) is 0. The summed E-state index contributed by atoms with van der Waals surface area (Å²) in [6.45, 7) is 5.72. The third kappa shape index (κ3) is 2.43. The summed E-state index contributed by atoms with van der Waals surface area (Å²) in [6, 6.07) is 0. The number of carbonyl (C=O) groups is 1. The van der Waals surface area contributed by atoms with Crippen LogP contribution < -0.4 is 0 Å². The molecule has 1 aliphatic rings. The average Bonchev–Trinajstić information content (AvgIpc) is 2.26. The molecule has 1 aliphatic heterocycles. The van der Waals surface area contributed by atoms with E-state index in [9.17, 15) is 13.2 Å². The van der Waals surface area contributed by atoms with Crippen molar-refractivity contribution in [1.29, 1.82) is 0 Å². The minimum atomic E-state index is -3.00. The number of amides is 1. The highest BCUT2D eigenvalue weighted by molar-refractivity contribution is 7.91. The Labute approximate surface area is 78.8 Å². The van der Waals surface area contributed by atoms with E-state index in [0.29, 0.717) is 6.54 Å². The van der Waals surface area contributed by atoms with Gasteiger partial charge in [-0.2, -0.15) is 0 Å². The second kappa shape index (κ2) is 2.97. The van der Waals surface area contributed by atoms with Gasteiger partial charge in [-0.15, -0.1) is 0 Å². The number of carbonyl (C=O) groups excluding carboxylic acids is 1. The lowest BCUT2D eigenvalue weighted by Crippen LogP contribution is -2.38. The van der Waals surface area contributed by atoms with Gasteiger partial charge in [0.15, 0.2) is 9.84 Å². The van der Waals surface area contributed by atoms with Gasteiger partial charge in [-0.3, -0.25) is 4.79 Å². The van der Waals surface area contributed by atoms with Gasteiger partial charge in [-0.05, 0) is 0 Å². The summed E-state index contributed by atoms with van der Waals surface area (Å²) in [5.74, 6) is -0.0913. The Balaban J connectivity index is 2.73. The smallest absolute Gasteiger partial charge is 0.228 e. The van der Waals surface area contributed by atoms with Crippen LogP contribution in [0.3, 0.4) is 0 Å². The van der Waals surface area contributed by atoms with Crippen LogP contribution in [0.5, 0.6) is 0 Å². The minimum Gasteiger partial charge on any atom is -0.327 e. The molecule has 5 heteroatoms. The molecule has 0 bridgehead atoms. The number of hydrogen-bond acceptors (Lipinski definition) is 3. The van der Waals surface area contributed by atoms with E-state index in [0.717, 1.165) is 0 Å². The lowest BCUT2D eigenvalue weighted by Gasteiger charge is -2.24. The van der Waals surface area contributed by atoms with Crippen molar-refractivity contribution in [2.24, 2.45) is 5.41 Å². The zero-order valence-corrected chi connectivity index (χ0v) is 9.02. The van der Waals surface area contributed by atoms with Crippen LogP contribution in [0.15, 0.2) is 0 Å². The second-order valence-electron chi connectivity index (χ2n) is 4.40. The van der Waals surface area contributed by atoms with E-state index in [1.165, 1.54) is 4.90 Å².